The molecule has 0 unspecified atom stereocenters. The first-order valence-electron chi connectivity index (χ1n) is 8.29. The second-order valence-electron chi connectivity index (χ2n) is 5.57. The summed E-state index contributed by atoms with van der Waals surface area (Å²) >= 11 is 2.79. The highest BCUT2D eigenvalue weighted by Crippen LogP contribution is 2.23. The van der Waals surface area contributed by atoms with Crippen LogP contribution in [0.1, 0.15) is 20.7 Å². The Bertz CT molecular complexity index is 899. The molecule has 0 saturated heterocycles. The van der Waals surface area contributed by atoms with Gasteiger partial charge in [0.1, 0.15) is 9.90 Å². The van der Waals surface area contributed by atoms with Crippen molar-refractivity contribution in [1.82, 2.24) is 14.7 Å². The van der Waals surface area contributed by atoms with E-state index in [2.05, 4.69) is 20.0 Å². The van der Waals surface area contributed by atoms with E-state index in [-0.39, 0.29) is 1.43 Å². The van der Waals surface area contributed by atoms with Crippen molar-refractivity contribution in [2.45, 2.75) is 23.5 Å². The maximum Gasteiger partial charge on any atom is 1.00 e. The van der Waals surface area contributed by atoms with E-state index in [4.69, 9.17) is 0 Å². The first-order valence-corrected chi connectivity index (χ1v) is 11.5. The van der Waals surface area contributed by atoms with Gasteiger partial charge in [0.25, 0.3) is 0 Å². The molecule has 3 heterocycles. The van der Waals surface area contributed by atoms with Gasteiger partial charge in [-0.15, -0.1) is 22.7 Å². The second kappa shape index (κ2) is 9.22. The molecule has 26 heavy (non-hydrogen) atoms. The fourth-order valence-corrected chi connectivity index (χ4v) is 5.15. The zero-order valence-corrected chi connectivity index (χ0v) is 16.5. The van der Waals surface area contributed by atoms with Crippen LogP contribution in [0.4, 0.5) is 5.13 Å². The van der Waals surface area contributed by atoms with Gasteiger partial charge in [-0.1, -0.05) is 18.6 Å². The van der Waals surface area contributed by atoms with Gasteiger partial charge < -0.3 is 5.32 Å². The molecule has 0 aromatic carbocycles. The van der Waals surface area contributed by atoms with Crippen LogP contribution in [0.3, 0.4) is 0 Å². The lowest BCUT2D eigenvalue weighted by molar-refractivity contribution is 0.577. The lowest BCUT2D eigenvalue weighted by Gasteiger charge is -2.05. The highest BCUT2D eigenvalue weighted by Gasteiger charge is 2.13. The van der Waals surface area contributed by atoms with Gasteiger partial charge in [0.15, 0.2) is 5.13 Å². The predicted molar refractivity (Wildman–Crippen MR) is 108 cm³/mol. The van der Waals surface area contributed by atoms with E-state index in [0.29, 0.717) is 10.8 Å². The third kappa shape index (κ3) is 5.34. The lowest BCUT2D eigenvalue weighted by Crippen LogP contribution is -2.24. The number of pyridine rings is 1. The Morgan fingerprint density at radius 3 is 2.65 bits per heavy atom. The Kier molecular flexibility index (Phi) is 6.73. The smallest absolute Gasteiger partial charge is 0.362 e. The van der Waals surface area contributed by atoms with Gasteiger partial charge in [-0.25, -0.2) is 18.1 Å². The van der Waals surface area contributed by atoms with Crippen molar-refractivity contribution in [3.63, 3.8) is 0 Å². The number of nitrogens with one attached hydrogen (secondary N) is 2. The van der Waals surface area contributed by atoms with Crippen LogP contribution in [0.25, 0.3) is 11.4 Å². The summed E-state index contributed by atoms with van der Waals surface area (Å²) < 4.78 is 26.9. The standard InChI is InChI=1S/C17H20N4O2S3/c22-26(23,16-8-6-12-24-16)20-11-4-1-3-10-19-17-21-15(13-25-17)14-7-2-5-9-18-14/h2,5-9,12-13,20H,1,3-4,10-11H2,(H,19,21)/p+1. The summed E-state index contributed by atoms with van der Waals surface area (Å²) in [7, 11) is -3.34. The van der Waals surface area contributed by atoms with Gasteiger partial charge in [0.05, 0.1) is 5.69 Å². The molecule has 0 fully saturated rings. The normalized spacial score (nSPS) is 11.5. The van der Waals surface area contributed by atoms with Crippen molar-refractivity contribution in [3.05, 3.63) is 47.3 Å². The number of hydrogen-bond donors (Lipinski definition) is 2. The van der Waals surface area contributed by atoms with Crippen LogP contribution in [0.5, 0.6) is 0 Å². The molecular weight excluding hydrogens is 388 g/mol. The van der Waals surface area contributed by atoms with Crippen LogP contribution in [-0.2, 0) is 10.0 Å². The number of unbranched alkanes of at least 4 members (excludes halogenated alkanes) is 2. The molecule has 0 aliphatic heterocycles. The summed E-state index contributed by atoms with van der Waals surface area (Å²) in [5.74, 6) is 0. The molecule has 0 aliphatic carbocycles. The minimum atomic E-state index is -3.34. The van der Waals surface area contributed by atoms with Gasteiger partial charge in [0, 0.05) is 24.7 Å². The molecule has 3 aromatic rings. The number of sulfonamides is 1. The summed E-state index contributed by atoms with van der Waals surface area (Å²) in [6, 6.07) is 9.13. The van der Waals surface area contributed by atoms with Crippen molar-refractivity contribution >= 4 is 37.8 Å². The maximum absolute atomic E-state index is 12.0. The molecule has 3 aromatic heterocycles. The number of anilines is 1. The Labute approximate surface area is 162 Å². The number of rotatable bonds is 10. The zero-order valence-electron chi connectivity index (χ0n) is 15.1. The third-order valence-corrected chi connectivity index (χ3v) is 7.27. The molecule has 6 nitrogen and oxygen atoms in total. The largest absolute Gasteiger partial charge is 1.00 e. The molecule has 9 heteroatoms. The fraction of sp³-hybridized carbons (Fsp3) is 0.294. The van der Waals surface area contributed by atoms with E-state index >= 15 is 0 Å². The maximum atomic E-state index is 12.0. The molecule has 0 amide bonds. The van der Waals surface area contributed by atoms with Crippen molar-refractivity contribution in [3.8, 4) is 11.4 Å². The molecule has 0 saturated carbocycles. The summed E-state index contributed by atoms with van der Waals surface area (Å²) in [6.07, 6.45) is 4.47. The molecule has 2 N–H and O–H groups in total. The van der Waals surface area contributed by atoms with Crippen molar-refractivity contribution in [1.29, 1.82) is 0 Å². The van der Waals surface area contributed by atoms with Crippen LogP contribution >= 0.6 is 22.7 Å². The molecule has 0 radical (unpaired) electrons. The summed E-state index contributed by atoms with van der Waals surface area (Å²) in [4.78, 5) is 8.82. The second-order valence-corrected chi connectivity index (χ2v) is 9.37. The molecular formula is C17H21N4O2S3+. The summed E-state index contributed by atoms with van der Waals surface area (Å²) in [5.41, 5.74) is 1.75. The average Bonchev–Trinajstić information content (AvgIpc) is 3.34. The van der Waals surface area contributed by atoms with Gasteiger partial charge >= 0.3 is 1.43 Å². The Morgan fingerprint density at radius 2 is 1.88 bits per heavy atom. The number of thiophene rings is 1. The number of nitrogens with zero attached hydrogens (tertiary/aromatic N) is 2. The Balaban J connectivity index is 0.00000261. The first-order chi connectivity index (χ1) is 12.6. The monoisotopic (exact) mass is 409 g/mol. The molecule has 0 atom stereocenters. The third-order valence-electron chi connectivity index (χ3n) is 3.61. The topological polar surface area (TPSA) is 84.0 Å². The summed E-state index contributed by atoms with van der Waals surface area (Å²) in [5, 5.41) is 7.94. The predicted octanol–water partition coefficient (Wildman–Crippen LogP) is 3.94. The van der Waals surface area contributed by atoms with Crippen LogP contribution in [0.2, 0.25) is 0 Å². The highest BCUT2D eigenvalue weighted by molar-refractivity contribution is 7.91. The molecule has 0 spiro atoms. The van der Waals surface area contributed by atoms with Crippen LogP contribution < -0.4 is 10.0 Å². The first kappa shape index (κ1) is 19.0. The number of aromatic nitrogens is 2. The van der Waals surface area contributed by atoms with Crippen LogP contribution in [0.15, 0.2) is 51.5 Å². The van der Waals surface area contributed by atoms with Gasteiger partial charge in [-0.2, -0.15) is 0 Å². The van der Waals surface area contributed by atoms with E-state index in [1.807, 2.05) is 23.6 Å². The Morgan fingerprint density at radius 1 is 1.00 bits per heavy atom. The number of thiazole rings is 1. The van der Waals surface area contributed by atoms with Crippen LogP contribution in [0, 0.1) is 0 Å². The van der Waals surface area contributed by atoms with Gasteiger partial charge in [-0.3, -0.25) is 4.98 Å². The van der Waals surface area contributed by atoms with E-state index < -0.39 is 10.0 Å². The molecule has 138 valence electrons. The van der Waals surface area contributed by atoms with E-state index in [1.54, 1.807) is 35.0 Å². The Hall–Kier alpha value is -1.81. The zero-order chi connectivity index (χ0) is 18.2. The molecule has 0 bridgehead atoms. The van der Waals surface area contributed by atoms with Crippen LogP contribution in [-0.4, -0.2) is 31.5 Å². The van der Waals surface area contributed by atoms with Gasteiger partial charge in [-0.05, 0) is 36.4 Å². The van der Waals surface area contributed by atoms with E-state index in [9.17, 15) is 8.42 Å². The minimum absolute atomic E-state index is 0. The van der Waals surface area contributed by atoms with E-state index in [0.717, 1.165) is 42.3 Å². The average molecular weight is 410 g/mol. The minimum Gasteiger partial charge on any atom is -0.362 e. The van der Waals surface area contributed by atoms with Gasteiger partial charge in [0.2, 0.25) is 10.0 Å². The summed E-state index contributed by atoms with van der Waals surface area (Å²) in [6.45, 7) is 1.27. The fourth-order valence-electron chi connectivity index (χ4n) is 2.30. The highest BCUT2D eigenvalue weighted by atomic mass is 32.2. The van der Waals surface area contributed by atoms with Crippen molar-refractivity contribution in [2.24, 2.45) is 0 Å². The molecule has 3 rings (SSSR count). The van der Waals surface area contributed by atoms with E-state index in [1.165, 1.54) is 11.3 Å². The SMILES string of the molecule is O=S(=O)(NCCCCCNc1nc(-c2ccccn2)cs1)c1cccs1.[H+]. The molecule has 0 aliphatic rings. The van der Waals surface area contributed by atoms with Crippen molar-refractivity contribution < 1.29 is 9.84 Å². The van der Waals surface area contributed by atoms with Crippen molar-refractivity contribution in [2.75, 3.05) is 18.4 Å². The quantitative estimate of drug-likeness (QED) is 0.496. The number of hydrogen-bond acceptors (Lipinski definition) is 7. The lowest BCUT2D eigenvalue weighted by atomic mass is 10.2.